The van der Waals surface area contributed by atoms with Crippen LogP contribution in [0.15, 0.2) is 54.9 Å². The maximum absolute atomic E-state index is 5.75. The van der Waals surface area contributed by atoms with Gasteiger partial charge in [-0.2, -0.15) is 0 Å². The zero-order chi connectivity index (χ0) is 17.3. The first kappa shape index (κ1) is 17.0. The number of nitrogens with one attached hydrogen (secondary N) is 1. The summed E-state index contributed by atoms with van der Waals surface area (Å²) in [5, 5.41) is 4.46. The van der Waals surface area contributed by atoms with E-state index in [-0.39, 0.29) is 0 Å². The van der Waals surface area contributed by atoms with Crippen LogP contribution in [0, 0.1) is 0 Å². The Hall–Kier alpha value is -2.82. The van der Waals surface area contributed by atoms with Gasteiger partial charge in [0, 0.05) is 18.0 Å². The number of benzene rings is 2. The third-order valence-electron chi connectivity index (χ3n) is 3.97. The number of hydrogen-bond donors (Lipinski definition) is 1. The first-order valence-corrected chi connectivity index (χ1v) is 8.57. The van der Waals surface area contributed by atoms with E-state index >= 15 is 0 Å². The highest BCUT2D eigenvalue weighted by molar-refractivity contribution is 5.88. The summed E-state index contributed by atoms with van der Waals surface area (Å²) in [6.45, 7) is 1.60. The molecule has 0 amide bonds. The Bertz CT molecular complexity index is 802. The molecular weight excluding hydrogens is 314 g/mol. The van der Waals surface area contributed by atoms with E-state index in [1.165, 1.54) is 0 Å². The number of nitrogens with zero attached hydrogens (tertiary/aromatic N) is 2. The summed E-state index contributed by atoms with van der Waals surface area (Å²) in [4.78, 5) is 8.61. The molecule has 3 aromatic rings. The number of anilines is 1. The zero-order valence-electron chi connectivity index (χ0n) is 14.4. The molecule has 2 aromatic carbocycles. The minimum Gasteiger partial charge on any atom is -0.497 e. The second-order valence-corrected chi connectivity index (χ2v) is 5.75. The van der Waals surface area contributed by atoms with Crippen molar-refractivity contribution < 1.29 is 9.47 Å². The Kier molecular flexibility index (Phi) is 6.04. The number of ether oxygens (including phenoxy) is 2. The van der Waals surface area contributed by atoms with Crippen LogP contribution in [0.1, 0.15) is 19.3 Å². The van der Waals surface area contributed by atoms with Gasteiger partial charge in [0.15, 0.2) is 0 Å². The number of methoxy groups -OCH3 is 1. The van der Waals surface area contributed by atoms with Crippen LogP contribution in [0.3, 0.4) is 0 Å². The maximum Gasteiger partial charge on any atom is 0.137 e. The van der Waals surface area contributed by atoms with Crippen LogP contribution in [0.2, 0.25) is 0 Å². The van der Waals surface area contributed by atoms with E-state index < -0.39 is 0 Å². The molecule has 0 aliphatic carbocycles. The van der Waals surface area contributed by atoms with E-state index in [0.717, 1.165) is 54.0 Å². The van der Waals surface area contributed by atoms with Crippen LogP contribution in [0.25, 0.3) is 10.9 Å². The second kappa shape index (κ2) is 8.87. The summed E-state index contributed by atoms with van der Waals surface area (Å²) < 4.78 is 10.9. The molecule has 1 N–H and O–H groups in total. The molecule has 1 aromatic heterocycles. The minimum absolute atomic E-state index is 0.712. The van der Waals surface area contributed by atoms with Gasteiger partial charge in [0.2, 0.25) is 0 Å². The fourth-order valence-corrected chi connectivity index (χ4v) is 2.64. The molecule has 0 saturated carbocycles. The van der Waals surface area contributed by atoms with E-state index in [0.29, 0.717) is 6.61 Å². The summed E-state index contributed by atoms with van der Waals surface area (Å²) in [6, 6.07) is 15.7. The summed E-state index contributed by atoms with van der Waals surface area (Å²) in [5.41, 5.74) is 0.965. The molecule has 130 valence electrons. The van der Waals surface area contributed by atoms with E-state index in [4.69, 9.17) is 9.47 Å². The standard InChI is InChI=1S/C20H23N3O2/c1-24-16-8-7-9-17(14-16)25-13-6-2-5-12-21-20-18-10-3-4-11-19(18)22-15-23-20/h3-4,7-11,14-15H,2,5-6,12-13H2,1H3,(H,21,22,23). The smallest absolute Gasteiger partial charge is 0.137 e. The Labute approximate surface area is 148 Å². The largest absolute Gasteiger partial charge is 0.497 e. The van der Waals surface area contributed by atoms with Gasteiger partial charge in [0.25, 0.3) is 0 Å². The quantitative estimate of drug-likeness (QED) is 0.590. The van der Waals surface area contributed by atoms with Crippen molar-refractivity contribution in [1.82, 2.24) is 9.97 Å². The van der Waals surface area contributed by atoms with Gasteiger partial charge in [-0.05, 0) is 43.5 Å². The summed E-state index contributed by atoms with van der Waals surface area (Å²) in [6.07, 6.45) is 4.79. The maximum atomic E-state index is 5.75. The van der Waals surface area contributed by atoms with Crippen molar-refractivity contribution in [2.75, 3.05) is 25.6 Å². The first-order chi connectivity index (χ1) is 12.4. The van der Waals surface area contributed by atoms with Crippen LogP contribution in [0.5, 0.6) is 11.5 Å². The molecule has 5 heteroatoms. The highest BCUT2D eigenvalue weighted by atomic mass is 16.5. The van der Waals surface area contributed by atoms with Crippen molar-refractivity contribution in [3.05, 3.63) is 54.9 Å². The molecule has 0 radical (unpaired) electrons. The van der Waals surface area contributed by atoms with E-state index in [1.54, 1.807) is 13.4 Å². The number of aromatic nitrogens is 2. The molecule has 0 saturated heterocycles. The van der Waals surface area contributed by atoms with E-state index in [1.807, 2.05) is 48.5 Å². The van der Waals surface area contributed by atoms with Crippen molar-refractivity contribution in [3.63, 3.8) is 0 Å². The molecule has 25 heavy (non-hydrogen) atoms. The number of para-hydroxylation sites is 1. The molecule has 0 aliphatic heterocycles. The summed E-state index contributed by atoms with van der Waals surface area (Å²) in [5.74, 6) is 2.57. The van der Waals surface area contributed by atoms with Crippen LogP contribution in [-0.2, 0) is 0 Å². The fraction of sp³-hybridized carbons (Fsp3) is 0.300. The molecule has 0 atom stereocenters. The third kappa shape index (κ3) is 4.83. The van der Waals surface area contributed by atoms with E-state index in [2.05, 4.69) is 15.3 Å². The number of hydrogen-bond acceptors (Lipinski definition) is 5. The van der Waals surface area contributed by atoms with Crippen molar-refractivity contribution in [3.8, 4) is 11.5 Å². The van der Waals surface area contributed by atoms with E-state index in [9.17, 15) is 0 Å². The lowest BCUT2D eigenvalue weighted by atomic mass is 10.2. The van der Waals surface area contributed by atoms with Gasteiger partial charge in [0.1, 0.15) is 23.6 Å². The topological polar surface area (TPSA) is 56.3 Å². The average Bonchev–Trinajstić information content (AvgIpc) is 2.67. The van der Waals surface area contributed by atoms with Gasteiger partial charge in [-0.25, -0.2) is 9.97 Å². The Morgan fingerprint density at radius 3 is 2.72 bits per heavy atom. The van der Waals surface area contributed by atoms with Gasteiger partial charge >= 0.3 is 0 Å². The first-order valence-electron chi connectivity index (χ1n) is 8.57. The van der Waals surface area contributed by atoms with Crippen molar-refractivity contribution in [1.29, 1.82) is 0 Å². The molecule has 5 nitrogen and oxygen atoms in total. The van der Waals surface area contributed by atoms with Crippen molar-refractivity contribution in [2.45, 2.75) is 19.3 Å². The normalized spacial score (nSPS) is 10.6. The highest BCUT2D eigenvalue weighted by Gasteiger charge is 2.02. The van der Waals surface area contributed by atoms with Gasteiger partial charge < -0.3 is 14.8 Å². The molecule has 1 heterocycles. The van der Waals surface area contributed by atoms with Crippen LogP contribution in [-0.4, -0.2) is 30.2 Å². The lowest BCUT2D eigenvalue weighted by Crippen LogP contribution is -2.05. The molecule has 0 bridgehead atoms. The number of unbranched alkanes of at least 4 members (excludes halogenated alkanes) is 2. The van der Waals surface area contributed by atoms with Crippen LogP contribution < -0.4 is 14.8 Å². The van der Waals surface area contributed by atoms with Crippen molar-refractivity contribution in [2.24, 2.45) is 0 Å². The van der Waals surface area contributed by atoms with Gasteiger partial charge in [-0.15, -0.1) is 0 Å². The fourth-order valence-electron chi connectivity index (χ4n) is 2.64. The van der Waals surface area contributed by atoms with Crippen LogP contribution in [0.4, 0.5) is 5.82 Å². The monoisotopic (exact) mass is 337 g/mol. The molecule has 3 rings (SSSR count). The minimum atomic E-state index is 0.712. The molecular formula is C20H23N3O2. The molecule has 0 unspecified atom stereocenters. The average molecular weight is 337 g/mol. The Morgan fingerprint density at radius 2 is 1.80 bits per heavy atom. The van der Waals surface area contributed by atoms with Gasteiger partial charge in [0.05, 0.1) is 19.2 Å². The summed E-state index contributed by atoms with van der Waals surface area (Å²) >= 11 is 0. The predicted molar refractivity (Wildman–Crippen MR) is 100 cm³/mol. The number of rotatable bonds is 9. The third-order valence-corrected chi connectivity index (χ3v) is 3.97. The van der Waals surface area contributed by atoms with Gasteiger partial charge in [-0.3, -0.25) is 0 Å². The Balaban J connectivity index is 1.36. The van der Waals surface area contributed by atoms with Gasteiger partial charge in [-0.1, -0.05) is 18.2 Å². The highest BCUT2D eigenvalue weighted by Crippen LogP contribution is 2.20. The summed E-state index contributed by atoms with van der Waals surface area (Å²) in [7, 11) is 1.66. The van der Waals surface area contributed by atoms with Crippen molar-refractivity contribution >= 4 is 16.7 Å². The zero-order valence-corrected chi connectivity index (χ0v) is 14.4. The molecule has 0 fully saturated rings. The molecule has 0 aliphatic rings. The molecule has 0 spiro atoms. The lowest BCUT2D eigenvalue weighted by Gasteiger charge is -2.09. The SMILES string of the molecule is COc1cccc(OCCCCCNc2ncnc3ccccc23)c1. The lowest BCUT2D eigenvalue weighted by molar-refractivity contribution is 0.303. The second-order valence-electron chi connectivity index (χ2n) is 5.75. The number of fused-ring (bicyclic) bond motifs is 1. The van der Waals surface area contributed by atoms with Crippen LogP contribution >= 0.6 is 0 Å². The Morgan fingerprint density at radius 1 is 0.920 bits per heavy atom. The predicted octanol–water partition coefficient (Wildman–Crippen LogP) is 4.30.